The van der Waals surface area contributed by atoms with Crippen LogP contribution < -0.4 is 10.6 Å². The van der Waals surface area contributed by atoms with E-state index in [1.165, 1.54) is 18.5 Å². The minimum atomic E-state index is -0.316. The molecule has 0 aliphatic carbocycles. The van der Waals surface area contributed by atoms with E-state index in [0.717, 1.165) is 35.0 Å². The second kappa shape index (κ2) is 9.05. The number of halogens is 1. The van der Waals surface area contributed by atoms with Gasteiger partial charge in [0.1, 0.15) is 29.5 Å². The van der Waals surface area contributed by atoms with Crippen LogP contribution in [0, 0.1) is 12.7 Å². The standard InChI is InChI=1S/C24H25FN8O/c1-14-17-10-16(25)5-6-19(17)30-22(14)23(34)33-9-3-4-15(12-33)18-7-8-27-24(31-18)32-21-11-20(26-2)28-13-29-21/h5-8,10-11,13,15,30H,3-4,9,12H2,1-2H3,(H2,26,27,28,29,31,32)/t15-/m1/s1. The zero-order valence-electron chi connectivity index (χ0n) is 19.0. The lowest BCUT2D eigenvalue weighted by Gasteiger charge is -2.32. The second-order valence-electron chi connectivity index (χ2n) is 8.37. The number of amides is 1. The van der Waals surface area contributed by atoms with E-state index in [4.69, 9.17) is 0 Å². The number of aromatic nitrogens is 5. The van der Waals surface area contributed by atoms with Crippen LogP contribution in [0.4, 0.5) is 22.0 Å². The molecule has 0 radical (unpaired) electrons. The molecule has 5 rings (SSSR count). The number of piperidine rings is 1. The van der Waals surface area contributed by atoms with Crippen LogP contribution in [0.25, 0.3) is 10.9 Å². The fraction of sp³-hybridized carbons (Fsp3) is 0.292. The number of fused-ring (bicyclic) bond motifs is 1. The molecule has 1 saturated heterocycles. The first-order valence-electron chi connectivity index (χ1n) is 11.2. The monoisotopic (exact) mass is 460 g/mol. The number of carbonyl (C=O) groups excluding carboxylic acids is 1. The molecule has 3 aromatic heterocycles. The number of hydrogen-bond acceptors (Lipinski definition) is 7. The zero-order chi connectivity index (χ0) is 23.7. The summed E-state index contributed by atoms with van der Waals surface area (Å²) >= 11 is 0. The molecule has 10 heteroatoms. The van der Waals surface area contributed by atoms with Gasteiger partial charge in [-0.2, -0.15) is 0 Å². The predicted octanol–water partition coefficient (Wildman–Crippen LogP) is 4.00. The number of nitrogens with one attached hydrogen (secondary N) is 3. The van der Waals surface area contributed by atoms with Crippen molar-refractivity contribution in [1.82, 2.24) is 29.8 Å². The Morgan fingerprint density at radius 3 is 2.88 bits per heavy atom. The van der Waals surface area contributed by atoms with Crippen LogP contribution >= 0.6 is 0 Å². The lowest BCUT2D eigenvalue weighted by Crippen LogP contribution is -2.39. The topological polar surface area (TPSA) is 112 Å². The summed E-state index contributed by atoms with van der Waals surface area (Å²) in [5, 5.41) is 6.82. The average molecular weight is 461 g/mol. The van der Waals surface area contributed by atoms with Gasteiger partial charge in [0.2, 0.25) is 5.95 Å². The normalized spacial score (nSPS) is 16.0. The van der Waals surface area contributed by atoms with Crippen LogP contribution in [0.15, 0.2) is 42.9 Å². The Balaban J connectivity index is 1.34. The van der Waals surface area contributed by atoms with Gasteiger partial charge < -0.3 is 20.5 Å². The molecule has 34 heavy (non-hydrogen) atoms. The maximum atomic E-state index is 13.7. The highest BCUT2D eigenvalue weighted by Gasteiger charge is 2.28. The third kappa shape index (κ3) is 4.26. The maximum Gasteiger partial charge on any atom is 0.270 e. The largest absolute Gasteiger partial charge is 0.373 e. The quantitative estimate of drug-likeness (QED) is 0.413. The molecule has 0 saturated carbocycles. The average Bonchev–Trinajstić information content (AvgIpc) is 3.19. The molecule has 1 amide bonds. The third-order valence-corrected chi connectivity index (χ3v) is 6.20. The molecular weight excluding hydrogens is 435 g/mol. The fourth-order valence-corrected chi connectivity index (χ4v) is 4.41. The van der Waals surface area contributed by atoms with Crippen molar-refractivity contribution in [3.05, 3.63) is 65.6 Å². The number of hydrogen-bond donors (Lipinski definition) is 3. The van der Waals surface area contributed by atoms with E-state index >= 15 is 0 Å². The van der Waals surface area contributed by atoms with Gasteiger partial charge in [-0.15, -0.1) is 0 Å². The minimum absolute atomic E-state index is 0.0770. The van der Waals surface area contributed by atoms with Gasteiger partial charge in [-0.25, -0.2) is 24.3 Å². The minimum Gasteiger partial charge on any atom is -0.373 e. The summed E-state index contributed by atoms with van der Waals surface area (Å²) in [4.78, 5) is 35.7. The number of H-pyrrole nitrogens is 1. The van der Waals surface area contributed by atoms with Gasteiger partial charge in [0.15, 0.2) is 0 Å². The first-order valence-corrected chi connectivity index (χ1v) is 11.2. The van der Waals surface area contributed by atoms with E-state index in [-0.39, 0.29) is 17.6 Å². The van der Waals surface area contributed by atoms with E-state index in [1.54, 1.807) is 25.4 Å². The molecule has 9 nitrogen and oxygen atoms in total. The molecule has 1 atom stereocenters. The van der Waals surface area contributed by atoms with E-state index < -0.39 is 0 Å². The molecular formula is C24H25FN8O. The van der Waals surface area contributed by atoms with Gasteiger partial charge in [-0.1, -0.05) is 0 Å². The van der Waals surface area contributed by atoms with Crippen LogP contribution in [-0.2, 0) is 0 Å². The summed E-state index contributed by atoms with van der Waals surface area (Å²) in [5.41, 5.74) is 2.90. The van der Waals surface area contributed by atoms with Gasteiger partial charge in [-0.05, 0) is 49.6 Å². The molecule has 174 valence electrons. The van der Waals surface area contributed by atoms with E-state index in [1.807, 2.05) is 17.9 Å². The Kier molecular flexibility index (Phi) is 5.79. The predicted molar refractivity (Wildman–Crippen MR) is 128 cm³/mol. The molecule has 0 unspecified atom stereocenters. The number of nitrogens with zero attached hydrogens (tertiary/aromatic N) is 5. The first kappa shape index (κ1) is 21.7. The van der Waals surface area contributed by atoms with E-state index in [0.29, 0.717) is 36.4 Å². The molecule has 0 bridgehead atoms. The molecule has 0 spiro atoms. The maximum absolute atomic E-state index is 13.7. The zero-order valence-corrected chi connectivity index (χ0v) is 19.0. The Morgan fingerprint density at radius 2 is 2.03 bits per heavy atom. The Labute approximate surface area is 195 Å². The lowest BCUT2D eigenvalue weighted by atomic mass is 9.94. The molecule has 3 N–H and O–H groups in total. The van der Waals surface area contributed by atoms with Crippen LogP contribution in [0.2, 0.25) is 0 Å². The number of rotatable bonds is 5. The van der Waals surface area contributed by atoms with Crippen LogP contribution in [0.5, 0.6) is 0 Å². The number of carbonyl (C=O) groups is 1. The summed E-state index contributed by atoms with van der Waals surface area (Å²) in [6, 6.07) is 8.18. The summed E-state index contributed by atoms with van der Waals surface area (Å²) in [5.74, 6) is 1.40. The highest BCUT2D eigenvalue weighted by molar-refractivity contribution is 6.01. The molecule has 1 aliphatic heterocycles. The molecule has 4 aromatic rings. The van der Waals surface area contributed by atoms with Gasteiger partial charge >= 0.3 is 0 Å². The number of likely N-dealkylation sites (tertiary alicyclic amines) is 1. The number of benzene rings is 1. The summed E-state index contributed by atoms with van der Waals surface area (Å²) < 4.78 is 13.7. The number of anilines is 3. The number of aryl methyl sites for hydroxylation is 1. The van der Waals surface area contributed by atoms with Gasteiger partial charge in [0.25, 0.3) is 5.91 Å². The first-order chi connectivity index (χ1) is 16.5. The Hall–Kier alpha value is -4.08. The van der Waals surface area contributed by atoms with E-state index in [2.05, 4.69) is 35.6 Å². The summed E-state index contributed by atoms with van der Waals surface area (Å²) in [7, 11) is 1.79. The lowest BCUT2D eigenvalue weighted by molar-refractivity contribution is 0.0700. The van der Waals surface area contributed by atoms with Crippen molar-refractivity contribution in [2.24, 2.45) is 0 Å². The third-order valence-electron chi connectivity index (χ3n) is 6.20. The fourth-order valence-electron chi connectivity index (χ4n) is 4.41. The Morgan fingerprint density at radius 1 is 1.18 bits per heavy atom. The van der Waals surface area contributed by atoms with Crippen LogP contribution in [0.3, 0.4) is 0 Å². The second-order valence-corrected chi connectivity index (χ2v) is 8.37. The molecule has 1 aromatic carbocycles. The summed E-state index contributed by atoms with van der Waals surface area (Å²) in [6.45, 7) is 3.07. The Bertz CT molecular complexity index is 1350. The van der Waals surface area contributed by atoms with Crippen molar-refractivity contribution >= 4 is 34.4 Å². The highest BCUT2D eigenvalue weighted by atomic mass is 19.1. The van der Waals surface area contributed by atoms with Gasteiger partial charge in [-0.3, -0.25) is 4.79 Å². The van der Waals surface area contributed by atoms with Crippen molar-refractivity contribution < 1.29 is 9.18 Å². The van der Waals surface area contributed by atoms with Gasteiger partial charge in [0, 0.05) is 49.2 Å². The van der Waals surface area contributed by atoms with E-state index in [9.17, 15) is 9.18 Å². The highest BCUT2D eigenvalue weighted by Crippen LogP contribution is 2.29. The van der Waals surface area contributed by atoms with Crippen LogP contribution in [0.1, 0.15) is 40.5 Å². The molecule has 1 aliphatic rings. The molecule has 1 fully saturated rings. The smallest absolute Gasteiger partial charge is 0.270 e. The van der Waals surface area contributed by atoms with Crippen molar-refractivity contribution in [2.45, 2.75) is 25.7 Å². The van der Waals surface area contributed by atoms with Crippen molar-refractivity contribution in [1.29, 1.82) is 0 Å². The number of aromatic amines is 1. The SMILES string of the molecule is CNc1cc(Nc2nccc([C@@H]3CCCN(C(=O)c4[nH]c5ccc(F)cc5c4C)C3)n2)ncn1. The molecule has 4 heterocycles. The van der Waals surface area contributed by atoms with Crippen molar-refractivity contribution in [3.63, 3.8) is 0 Å². The van der Waals surface area contributed by atoms with Crippen molar-refractivity contribution in [2.75, 3.05) is 30.8 Å². The van der Waals surface area contributed by atoms with Crippen LogP contribution in [-0.4, -0.2) is 55.9 Å². The van der Waals surface area contributed by atoms with Crippen molar-refractivity contribution in [3.8, 4) is 0 Å². The summed E-state index contributed by atoms with van der Waals surface area (Å²) in [6.07, 6.45) is 4.97. The van der Waals surface area contributed by atoms with Gasteiger partial charge in [0.05, 0.1) is 5.69 Å².